The van der Waals surface area contributed by atoms with Gasteiger partial charge in [-0.3, -0.25) is 5.41 Å². The first-order valence-corrected chi connectivity index (χ1v) is 8.34. The van der Waals surface area contributed by atoms with Gasteiger partial charge in [-0.1, -0.05) is 36.4 Å². The standard InChI is InChI=1S/C21H18N2O2/c1-24-15-7-4-6-14(11-15)19-17-10-9-13-5-2-3-8-16(13)20(17)25-21(23)18(19)12-22/h2-8,11,18-19,23H,9-10H2,1H3. The van der Waals surface area contributed by atoms with Crippen LogP contribution in [0.1, 0.15) is 29.0 Å². The second-order valence-corrected chi connectivity index (χ2v) is 6.34. The Morgan fingerprint density at radius 2 is 2.00 bits per heavy atom. The van der Waals surface area contributed by atoms with Crippen molar-refractivity contribution in [3.8, 4) is 11.8 Å². The molecule has 0 bridgehead atoms. The molecule has 0 radical (unpaired) electrons. The van der Waals surface area contributed by atoms with Crippen molar-refractivity contribution in [1.29, 1.82) is 10.7 Å². The molecule has 0 saturated carbocycles. The summed E-state index contributed by atoms with van der Waals surface area (Å²) in [5.41, 5.74) is 4.37. The predicted molar refractivity (Wildman–Crippen MR) is 95.3 cm³/mol. The van der Waals surface area contributed by atoms with Crippen LogP contribution in [0.5, 0.6) is 5.75 Å². The second kappa shape index (κ2) is 6.10. The Labute approximate surface area is 146 Å². The topological polar surface area (TPSA) is 66.1 Å². The summed E-state index contributed by atoms with van der Waals surface area (Å²) in [6.07, 6.45) is 1.75. The first-order valence-electron chi connectivity index (χ1n) is 8.34. The van der Waals surface area contributed by atoms with Crippen molar-refractivity contribution in [2.75, 3.05) is 7.11 Å². The number of hydrogen-bond donors (Lipinski definition) is 1. The number of nitriles is 1. The van der Waals surface area contributed by atoms with Crippen LogP contribution in [0.4, 0.5) is 0 Å². The number of allylic oxidation sites excluding steroid dienone is 1. The molecule has 2 aliphatic rings. The largest absolute Gasteiger partial charge is 0.497 e. The fourth-order valence-corrected chi connectivity index (χ4v) is 3.82. The highest BCUT2D eigenvalue weighted by molar-refractivity contribution is 5.90. The quantitative estimate of drug-likeness (QED) is 0.893. The summed E-state index contributed by atoms with van der Waals surface area (Å²) in [6, 6.07) is 18.2. The molecule has 1 N–H and O–H groups in total. The summed E-state index contributed by atoms with van der Waals surface area (Å²) in [5, 5.41) is 18.0. The smallest absolute Gasteiger partial charge is 0.205 e. The second-order valence-electron chi connectivity index (χ2n) is 6.34. The maximum absolute atomic E-state index is 9.68. The Morgan fingerprint density at radius 1 is 1.16 bits per heavy atom. The van der Waals surface area contributed by atoms with E-state index in [4.69, 9.17) is 14.9 Å². The van der Waals surface area contributed by atoms with Gasteiger partial charge in [0.25, 0.3) is 0 Å². The highest BCUT2D eigenvalue weighted by Gasteiger charge is 2.40. The number of methoxy groups -OCH3 is 1. The first-order chi connectivity index (χ1) is 12.2. The molecule has 0 fully saturated rings. The number of hydrogen-bond acceptors (Lipinski definition) is 4. The van der Waals surface area contributed by atoms with Gasteiger partial charge >= 0.3 is 0 Å². The van der Waals surface area contributed by atoms with Crippen LogP contribution in [0.15, 0.2) is 54.1 Å². The molecule has 0 amide bonds. The zero-order valence-electron chi connectivity index (χ0n) is 14.0. The molecule has 124 valence electrons. The average Bonchev–Trinajstić information content (AvgIpc) is 2.67. The van der Waals surface area contributed by atoms with Gasteiger partial charge in [-0.05, 0) is 41.7 Å². The summed E-state index contributed by atoms with van der Waals surface area (Å²) in [5.74, 6) is 0.739. The Kier molecular flexibility index (Phi) is 3.77. The Balaban J connectivity index is 1.91. The van der Waals surface area contributed by atoms with Gasteiger partial charge in [0.2, 0.25) is 5.90 Å². The van der Waals surface area contributed by atoms with Gasteiger partial charge in [0.1, 0.15) is 17.4 Å². The van der Waals surface area contributed by atoms with Crippen LogP contribution in [0.25, 0.3) is 5.76 Å². The van der Waals surface area contributed by atoms with Crippen LogP contribution in [-0.2, 0) is 11.2 Å². The number of nitrogens with zero attached hydrogens (tertiary/aromatic N) is 1. The molecule has 1 aliphatic heterocycles. The molecule has 4 heteroatoms. The zero-order valence-corrected chi connectivity index (χ0v) is 14.0. The zero-order chi connectivity index (χ0) is 17.4. The third kappa shape index (κ3) is 2.49. The average molecular weight is 330 g/mol. The lowest BCUT2D eigenvalue weighted by atomic mass is 9.73. The molecule has 0 saturated heterocycles. The number of ether oxygens (including phenoxy) is 2. The fourth-order valence-electron chi connectivity index (χ4n) is 3.82. The van der Waals surface area contributed by atoms with E-state index in [1.807, 2.05) is 42.5 Å². The van der Waals surface area contributed by atoms with Crippen molar-refractivity contribution in [3.63, 3.8) is 0 Å². The fraction of sp³-hybridized carbons (Fsp3) is 0.238. The minimum Gasteiger partial charge on any atom is -0.497 e. The van der Waals surface area contributed by atoms with E-state index >= 15 is 0 Å². The number of aryl methyl sites for hydroxylation is 1. The lowest BCUT2D eigenvalue weighted by Crippen LogP contribution is -2.31. The van der Waals surface area contributed by atoms with Crippen molar-refractivity contribution in [3.05, 3.63) is 70.8 Å². The third-order valence-electron chi connectivity index (χ3n) is 5.01. The van der Waals surface area contributed by atoms with E-state index in [0.717, 1.165) is 41.1 Å². The summed E-state index contributed by atoms with van der Waals surface area (Å²) in [7, 11) is 1.63. The van der Waals surface area contributed by atoms with E-state index in [1.54, 1.807) is 7.11 Å². The summed E-state index contributed by atoms with van der Waals surface area (Å²) >= 11 is 0. The normalized spacial score (nSPS) is 21.7. The highest BCUT2D eigenvalue weighted by atomic mass is 16.5. The molecular formula is C21H18N2O2. The van der Waals surface area contributed by atoms with E-state index in [9.17, 15) is 5.26 Å². The Bertz CT molecular complexity index is 923. The van der Waals surface area contributed by atoms with Crippen LogP contribution >= 0.6 is 0 Å². The first kappa shape index (κ1) is 15.5. The van der Waals surface area contributed by atoms with Crippen LogP contribution in [-0.4, -0.2) is 13.0 Å². The van der Waals surface area contributed by atoms with Crippen molar-refractivity contribution in [2.24, 2.45) is 5.92 Å². The van der Waals surface area contributed by atoms with Gasteiger partial charge in [0, 0.05) is 11.5 Å². The van der Waals surface area contributed by atoms with E-state index in [0.29, 0.717) is 0 Å². The summed E-state index contributed by atoms with van der Waals surface area (Å²) in [6.45, 7) is 0. The molecule has 25 heavy (non-hydrogen) atoms. The number of nitrogens with one attached hydrogen (secondary N) is 1. The lowest BCUT2D eigenvalue weighted by Gasteiger charge is -2.36. The third-order valence-corrected chi connectivity index (χ3v) is 5.01. The Morgan fingerprint density at radius 3 is 2.80 bits per heavy atom. The molecule has 0 spiro atoms. The Hall–Kier alpha value is -3.06. The minimum absolute atomic E-state index is 0.0192. The summed E-state index contributed by atoms with van der Waals surface area (Å²) in [4.78, 5) is 0. The van der Waals surface area contributed by atoms with Gasteiger partial charge in [0.05, 0.1) is 13.2 Å². The van der Waals surface area contributed by atoms with E-state index in [-0.39, 0.29) is 11.8 Å². The molecule has 1 aliphatic carbocycles. The van der Waals surface area contributed by atoms with E-state index in [2.05, 4.69) is 12.1 Å². The SMILES string of the molecule is COc1cccc(C2C3=C(OC(=N)C2C#N)c2ccccc2CC3)c1. The van der Waals surface area contributed by atoms with Gasteiger partial charge in [-0.2, -0.15) is 5.26 Å². The monoisotopic (exact) mass is 330 g/mol. The van der Waals surface area contributed by atoms with Crippen LogP contribution < -0.4 is 4.74 Å². The van der Waals surface area contributed by atoms with E-state index in [1.165, 1.54) is 5.56 Å². The van der Waals surface area contributed by atoms with Crippen molar-refractivity contribution in [1.82, 2.24) is 0 Å². The van der Waals surface area contributed by atoms with Gasteiger partial charge in [-0.15, -0.1) is 0 Å². The molecule has 2 aromatic carbocycles. The number of benzene rings is 2. The molecule has 0 aromatic heterocycles. The van der Waals surface area contributed by atoms with Gasteiger partial charge in [0.15, 0.2) is 0 Å². The van der Waals surface area contributed by atoms with Crippen molar-refractivity contribution >= 4 is 11.7 Å². The maximum atomic E-state index is 9.68. The summed E-state index contributed by atoms with van der Waals surface area (Å²) < 4.78 is 11.2. The maximum Gasteiger partial charge on any atom is 0.205 e. The van der Waals surface area contributed by atoms with Crippen molar-refractivity contribution in [2.45, 2.75) is 18.8 Å². The number of fused-ring (bicyclic) bond motifs is 2. The molecule has 2 unspecified atom stereocenters. The number of rotatable bonds is 2. The van der Waals surface area contributed by atoms with Crippen LogP contribution in [0.2, 0.25) is 0 Å². The van der Waals surface area contributed by atoms with Gasteiger partial charge in [-0.25, -0.2) is 0 Å². The van der Waals surface area contributed by atoms with E-state index < -0.39 is 5.92 Å². The highest BCUT2D eigenvalue weighted by Crippen LogP contribution is 2.47. The molecule has 2 atom stereocenters. The van der Waals surface area contributed by atoms with Gasteiger partial charge < -0.3 is 9.47 Å². The molecule has 1 heterocycles. The predicted octanol–water partition coefficient (Wildman–Crippen LogP) is 4.28. The lowest BCUT2D eigenvalue weighted by molar-refractivity contribution is 0.404. The molecule has 2 aromatic rings. The van der Waals surface area contributed by atoms with Crippen LogP contribution in [0.3, 0.4) is 0 Å². The molecular weight excluding hydrogens is 312 g/mol. The van der Waals surface area contributed by atoms with Crippen LogP contribution in [0, 0.1) is 22.7 Å². The minimum atomic E-state index is -0.615. The molecule has 4 nitrogen and oxygen atoms in total. The van der Waals surface area contributed by atoms with Crippen molar-refractivity contribution < 1.29 is 9.47 Å². The molecule has 4 rings (SSSR count).